The number of hydrogen-bond acceptors (Lipinski definition) is 4. The van der Waals surface area contributed by atoms with Crippen molar-refractivity contribution in [2.24, 2.45) is 5.92 Å². The van der Waals surface area contributed by atoms with E-state index in [2.05, 4.69) is 0 Å². The predicted octanol–water partition coefficient (Wildman–Crippen LogP) is 11.2. The molecule has 53 heavy (non-hydrogen) atoms. The zero-order valence-electron chi connectivity index (χ0n) is 30.0. The van der Waals surface area contributed by atoms with Crippen LogP contribution < -0.4 is 18.9 Å². The van der Waals surface area contributed by atoms with Gasteiger partial charge in [0.05, 0.1) is 26.4 Å². The molecular formula is C41H44F8O4. The van der Waals surface area contributed by atoms with Crippen molar-refractivity contribution in [2.75, 3.05) is 26.4 Å². The van der Waals surface area contributed by atoms with Gasteiger partial charge in [-0.15, -0.1) is 0 Å². The van der Waals surface area contributed by atoms with Crippen molar-refractivity contribution in [1.29, 1.82) is 0 Å². The van der Waals surface area contributed by atoms with Crippen LogP contribution in [0.1, 0.15) is 75.1 Å². The lowest BCUT2D eigenvalue weighted by atomic mass is 9.95. The summed E-state index contributed by atoms with van der Waals surface area (Å²) in [5.41, 5.74) is 0.0476. The summed E-state index contributed by atoms with van der Waals surface area (Å²) in [6, 6.07) is 10.7. The predicted molar refractivity (Wildman–Crippen MR) is 186 cm³/mol. The smallest absolute Gasteiger partial charge is 0.200 e. The second kappa shape index (κ2) is 20.1. The largest absolute Gasteiger partial charge is 0.491 e. The van der Waals surface area contributed by atoms with Crippen LogP contribution >= 0.6 is 0 Å². The molecule has 4 nitrogen and oxygen atoms in total. The van der Waals surface area contributed by atoms with Gasteiger partial charge in [0.25, 0.3) is 0 Å². The summed E-state index contributed by atoms with van der Waals surface area (Å²) >= 11 is 0. The van der Waals surface area contributed by atoms with Crippen LogP contribution in [0.3, 0.4) is 0 Å². The van der Waals surface area contributed by atoms with Gasteiger partial charge in [-0.25, -0.2) is 17.6 Å². The minimum absolute atomic E-state index is 0.00456. The maximum atomic E-state index is 14.8. The highest BCUT2D eigenvalue weighted by molar-refractivity contribution is 5.36. The molecule has 0 bridgehead atoms. The Kier molecular flexibility index (Phi) is 15.7. The highest BCUT2D eigenvalue weighted by Crippen LogP contribution is 2.29. The zero-order valence-corrected chi connectivity index (χ0v) is 30.0. The molecule has 0 atom stereocenters. The fourth-order valence-electron chi connectivity index (χ4n) is 6.02. The molecule has 0 radical (unpaired) electrons. The molecule has 0 N–H and O–H groups in total. The number of halogens is 8. The monoisotopic (exact) mass is 752 g/mol. The van der Waals surface area contributed by atoms with Gasteiger partial charge >= 0.3 is 0 Å². The van der Waals surface area contributed by atoms with Gasteiger partial charge in [0.1, 0.15) is 0 Å². The van der Waals surface area contributed by atoms with E-state index in [4.69, 9.17) is 18.9 Å². The highest BCUT2D eigenvalue weighted by Gasteiger charge is 2.20. The molecule has 4 aromatic rings. The molecule has 0 aromatic heterocycles. The molecule has 0 spiro atoms. The van der Waals surface area contributed by atoms with Crippen molar-refractivity contribution in [3.05, 3.63) is 117 Å². The third kappa shape index (κ3) is 10.8. The van der Waals surface area contributed by atoms with Crippen molar-refractivity contribution < 1.29 is 54.1 Å². The third-order valence-electron chi connectivity index (χ3n) is 9.04. The van der Waals surface area contributed by atoms with E-state index in [1.807, 2.05) is 6.92 Å². The summed E-state index contributed by atoms with van der Waals surface area (Å²) in [5, 5.41) is 0. The zero-order chi connectivity index (χ0) is 38.5. The Morgan fingerprint density at radius 1 is 0.396 bits per heavy atom. The minimum atomic E-state index is -1.15. The first-order valence-corrected chi connectivity index (χ1v) is 17.9. The molecule has 0 fully saturated rings. The van der Waals surface area contributed by atoms with Crippen molar-refractivity contribution in [2.45, 2.75) is 78.6 Å². The van der Waals surface area contributed by atoms with Gasteiger partial charge in [-0.3, -0.25) is 0 Å². The molecular weight excluding hydrogens is 708 g/mol. The quantitative estimate of drug-likeness (QED) is 0.0627. The van der Waals surface area contributed by atoms with Gasteiger partial charge in [-0.2, -0.15) is 17.6 Å². The molecule has 0 aliphatic heterocycles. The molecule has 0 unspecified atom stereocenters. The number of rotatable bonds is 21. The Morgan fingerprint density at radius 2 is 0.679 bits per heavy atom. The summed E-state index contributed by atoms with van der Waals surface area (Å²) in [4.78, 5) is 0. The molecule has 288 valence electrons. The van der Waals surface area contributed by atoms with Gasteiger partial charge in [-0.05, 0) is 118 Å². The molecule has 0 heterocycles. The summed E-state index contributed by atoms with van der Waals surface area (Å²) in [6.07, 6.45) is 3.17. The topological polar surface area (TPSA) is 36.9 Å². The Labute approximate surface area is 305 Å². The number of ether oxygens (including phenoxy) is 4. The van der Waals surface area contributed by atoms with Crippen LogP contribution in [-0.4, -0.2) is 26.4 Å². The van der Waals surface area contributed by atoms with Gasteiger partial charge in [-0.1, -0.05) is 37.6 Å². The van der Waals surface area contributed by atoms with Crippen molar-refractivity contribution in [3.8, 4) is 23.0 Å². The maximum absolute atomic E-state index is 14.8. The van der Waals surface area contributed by atoms with E-state index in [9.17, 15) is 35.1 Å². The van der Waals surface area contributed by atoms with Gasteiger partial charge in [0.2, 0.25) is 23.3 Å². The molecule has 0 amide bonds. The number of hydrogen-bond donors (Lipinski definition) is 0. The molecule has 0 aliphatic rings. The van der Waals surface area contributed by atoms with Gasteiger partial charge in [0.15, 0.2) is 46.3 Å². The second-order valence-electron chi connectivity index (χ2n) is 12.5. The minimum Gasteiger partial charge on any atom is -0.491 e. The maximum Gasteiger partial charge on any atom is 0.200 e. The first kappa shape index (κ1) is 41.3. The lowest BCUT2D eigenvalue weighted by molar-refractivity contribution is 0.253. The first-order valence-electron chi connectivity index (χ1n) is 17.9. The van der Waals surface area contributed by atoms with Crippen molar-refractivity contribution in [1.82, 2.24) is 0 Å². The van der Waals surface area contributed by atoms with E-state index in [1.54, 1.807) is 13.8 Å². The second-order valence-corrected chi connectivity index (χ2v) is 12.5. The number of benzene rings is 4. The molecule has 4 aromatic carbocycles. The van der Waals surface area contributed by atoms with Gasteiger partial charge < -0.3 is 18.9 Å². The van der Waals surface area contributed by atoms with Crippen LogP contribution in [0.15, 0.2) is 48.5 Å². The lowest BCUT2D eigenvalue weighted by Crippen LogP contribution is -2.08. The first-order chi connectivity index (χ1) is 25.5. The molecule has 0 saturated carbocycles. The van der Waals surface area contributed by atoms with E-state index in [-0.39, 0.29) is 103 Å². The summed E-state index contributed by atoms with van der Waals surface area (Å²) < 4.78 is 137. The van der Waals surface area contributed by atoms with E-state index < -0.39 is 46.5 Å². The Morgan fingerprint density at radius 3 is 0.943 bits per heavy atom. The van der Waals surface area contributed by atoms with E-state index in [0.717, 1.165) is 19.3 Å². The average molecular weight is 753 g/mol. The van der Waals surface area contributed by atoms with E-state index >= 15 is 0 Å². The Bertz CT molecular complexity index is 1690. The van der Waals surface area contributed by atoms with Crippen LogP contribution in [0, 0.1) is 52.5 Å². The average Bonchev–Trinajstić information content (AvgIpc) is 3.15. The third-order valence-corrected chi connectivity index (χ3v) is 9.04. The summed E-state index contributed by atoms with van der Waals surface area (Å²) in [7, 11) is 0. The molecule has 0 saturated heterocycles. The Balaban J connectivity index is 1.18. The van der Waals surface area contributed by atoms with Crippen molar-refractivity contribution in [3.63, 3.8) is 0 Å². The fraction of sp³-hybridized carbons (Fsp3) is 0.415. The normalized spacial score (nSPS) is 11.3. The molecule has 4 rings (SSSR count). The Hall–Kier alpha value is -4.48. The van der Waals surface area contributed by atoms with Crippen LogP contribution in [0.5, 0.6) is 23.0 Å². The fourth-order valence-corrected chi connectivity index (χ4v) is 6.02. The summed E-state index contributed by atoms with van der Waals surface area (Å²) in [6.45, 7) is 5.90. The van der Waals surface area contributed by atoms with E-state index in [0.29, 0.717) is 12.8 Å². The van der Waals surface area contributed by atoms with Crippen LogP contribution in [-0.2, 0) is 25.7 Å². The highest BCUT2D eigenvalue weighted by atomic mass is 19.2. The van der Waals surface area contributed by atoms with E-state index in [1.165, 1.54) is 48.5 Å². The SMILES string of the molecule is CCOc1ccc(CCc2ccc(OCCCC(CC)CCCOc3ccc(CCc4ccc(OCC)c(F)c4F)c(F)c3F)c(F)c2F)c(F)c1F. The standard InChI is InChI=1S/C41H44F8O4/c1-4-25(9-7-23-52-32-21-17-28(36(44)40(32)48)13-11-26-15-19-30(50-5-2)38(46)34(26)42)10-8-24-53-33-22-18-29(37(45)41(33)49)14-12-27-16-20-31(51-6-3)39(47)35(27)43/h15-22,25H,4-14,23-24H2,1-3H3. The van der Waals surface area contributed by atoms with Crippen molar-refractivity contribution >= 4 is 0 Å². The number of aryl methyl sites for hydroxylation is 4. The summed E-state index contributed by atoms with van der Waals surface area (Å²) in [5.74, 6) is -9.61. The van der Waals surface area contributed by atoms with Crippen LogP contribution in [0.2, 0.25) is 0 Å². The molecule has 0 aliphatic carbocycles. The lowest BCUT2D eigenvalue weighted by Gasteiger charge is -2.16. The van der Waals surface area contributed by atoms with Gasteiger partial charge in [0, 0.05) is 0 Å². The van der Waals surface area contributed by atoms with Crippen LogP contribution in [0.4, 0.5) is 35.1 Å². The molecule has 12 heteroatoms. The van der Waals surface area contributed by atoms with Crippen LogP contribution in [0.25, 0.3) is 0 Å².